The van der Waals surface area contributed by atoms with Crippen LogP contribution in [0.25, 0.3) is 10.8 Å². The molecule has 3 N–H and O–H groups in total. The average Bonchev–Trinajstić information content (AvgIpc) is 4.14. The Kier molecular flexibility index (Phi) is 12.0. The molecule has 2 aromatic rings. The van der Waals surface area contributed by atoms with Gasteiger partial charge in [-0.2, -0.15) is 13.8 Å². The van der Waals surface area contributed by atoms with E-state index in [1.807, 2.05) is 11.6 Å². The zero-order valence-corrected chi connectivity index (χ0v) is 36.7. The highest BCUT2D eigenvalue weighted by Gasteiger charge is 2.72. The van der Waals surface area contributed by atoms with Crippen molar-refractivity contribution in [2.75, 3.05) is 26.9 Å². The van der Waals surface area contributed by atoms with E-state index in [1.54, 1.807) is 51.1 Å². The van der Waals surface area contributed by atoms with Gasteiger partial charge in [-0.3, -0.25) is 24.0 Å². The summed E-state index contributed by atoms with van der Waals surface area (Å²) in [6.45, 7) is 6.01. The molecule has 7 atom stereocenters. The van der Waals surface area contributed by atoms with Crippen molar-refractivity contribution in [1.82, 2.24) is 24.8 Å². The molecule has 0 spiro atoms. The molecule has 62 heavy (non-hydrogen) atoms. The lowest BCUT2D eigenvalue weighted by molar-refractivity contribution is -0.163. The Balaban J connectivity index is 1.36. The number of allylic oxidation sites excluding steroid dienone is 1. The fraction of sp³-hybridized carbons (Fsp3) is 0.651. The Morgan fingerprint density at radius 3 is 2.55 bits per heavy atom. The van der Waals surface area contributed by atoms with Crippen LogP contribution in [0.3, 0.4) is 0 Å². The number of carboxylic acid groups (broad SMARTS) is 1. The van der Waals surface area contributed by atoms with E-state index in [1.165, 1.54) is 7.11 Å². The van der Waals surface area contributed by atoms with E-state index in [0.29, 0.717) is 65.7 Å². The number of halogens is 3. The van der Waals surface area contributed by atoms with Crippen LogP contribution in [-0.4, -0.2) is 119 Å². The number of ether oxygens (including phenoxy) is 3. The molecule has 0 bridgehead atoms. The number of hydrogen-bond acceptors (Lipinski definition) is 10. The van der Waals surface area contributed by atoms with E-state index in [-0.39, 0.29) is 43.4 Å². The number of alkyl halides is 3. The SMILES string of the molecule is CC[C@@H]1C[C@@H](C)CC/C=C\[C@@H]2C[C@@]2(C(=O)NS(=O)(=O)C2(CF)CC2)NC(=O)[C@@H]2N(C[C@@](C)(Oc3nc4c(c5cc(OC)ccc35)CCCO4)C2(F)F)C(=O)[C@H]1N(C(=O)O)C(C)C. The predicted molar refractivity (Wildman–Crippen MR) is 220 cm³/mol. The van der Waals surface area contributed by atoms with Gasteiger partial charge in [0.1, 0.15) is 28.8 Å². The maximum atomic E-state index is 17.8. The first-order chi connectivity index (χ1) is 29.2. The number of sulfonamides is 1. The molecule has 4 amide bonds. The molecule has 15 nitrogen and oxygen atoms in total. The maximum Gasteiger partial charge on any atom is 0.408 e. The Hall–Kier alpha value is -4.81. The number of aromatic nitrogens is 1. The molecule has 2 saturated carbocycles. The quantitative estimate of drug-likeness (QED) is 0.254. The smallest absolute Gasteiger partial charge is 0.408 e. The summed E-state index contributed by atoms with van der Waals surface area (Å²) in [5.41, 5.74) is -4.07. The number of carbonyl (C=O) groups is 4. The lowest BCUT2D eigenvalue weighted by Gasteiger charge is -2.40. The highest BCUT2D eigenvalue weighted by molar-refractivity contribution is 7.91. The lowest BCUT2D eigenvalue weighted by Crippen LogP contribution is -2.63. The van der Waals surface area contributed by atoms with Crippen molar-refractivity contribution >= 4 is 44.6 Å². The third kappa shape index (κ3) is 7.69. The number of amides is 4. The molecule has 340 valence electrons. The van der Waals surface area contributed by atoms with E-state index in [4.69, 9.17) is 14.2 Å². The van der Waals surface area contributed by atoms with E-state index in [0.717, 1.165) is 11.8 Å². The molecular formula is C43H56F3N5O10S. The molecule has 5 aliphatic rings. The van der Waals surface area contributed by atoms with Crippen LogP contribution in [-0.2, 0) is 30.8 Å². The first-order valence-corrected chi connectivity index (χ1v) is 22.8. The Bertz CT molecular complexity index is 2270. The minimum Gasteiger partial charge on any atom is -0.497 e. The normalized spacial score (nSPS) is 30.9. The van der Waals surface area contributed by atoms with Gasteiger partial charge in [-0.25, -0.2) is 17.6 Å². The van der Waals surface area contributed by atoms with E-state index >= 15 is 13.6 Å². The second kappa shape index (κ2) is 16.4. The van der Waals surface area contributed by atoms with Gasteiger partial charge in [-0.05, 0) is 108 Å². The molecule has 0 radical (unpaired) electrons. The van der Waals surface area contributed by atoms with E-state index in [9.17, 15) is 32.3 Å². The third-order valence-electron chi connectivity index (χ3n) is 13.6. The summed E-state index contributed by atoms with van der Waals surface area (Å²) in [4.78, 5) is 63.3. The van der Waals surface area contributed by atoms with Crippen molar-refractivity contribution in [3.05, 3.63) is 35.9 Å². The number of hydrogen-bond donors (Lipinski definition) is 3. The standard InChI is InChI=1S/C43H56F3N5O10S/c1-7-26-19-25(4)11-8-9-12-27-21-42(27,38(54)49-62(57,58)41(22-44)16-17-41)48-34(52)33-43(45,46)40(5,23-50(33)37(53)32(26)51(24(2)3)39(55)56)61-36-30-15-14-28(59-6)20-31(30)29-13-10-18-60-35(29)47-36/h9,12,14-15,20,24-27,32-33H,7-8,10-11,13,16-19,21-23H2,1-6H3,(H,48,52)(H,49,54)(H,55,56)/b12-9-/t25-,26+,27+,32-,33-,40+,42+/m0/s1. The fourth-order valence-electron chi connectivity index (χ4n) is 9.49. The van der Waals surface area contributed by atoms with Gasteiger partial charge in [-0.15, -0.1) is 0 Å². The van der Waals surface area contributed by atoms with Crippen molar-refractivity contribution < 1.29 is 60.1 Å². The molecule has 2 aliphatic carbocycles. The van der Waals surface area contributed by atoms with Crippen molar-refractivity contribution in [2.45, 2.75) is 132 Å². The molecular weight excluding hydrogens is 836 g/mol. The minimum atomic E-state index is -4.59. The monoisotopic (exact) mass is 891 g/mol. The molecule has 7 rings (SSSR count). The molecule has 4 heterocycles. The number of fused-ring (bicyclic) bond motifs is 5. The second-order valence-corrected chi connectivity index (χ2v) is 20.2. The predicted octanol–water partition coefficient (Wildman–Crippen LogP) is 5.53. The number of carbonyl (C=O) groups excluding carboxylic acids is 3. The number of methoxy groups -OCH3 is 1. The van der Waals surface area contributed by atoms with Gasteiger partial charge in [0.05, 0.1) is 20.3 Å². The van der Waals surface area contributed by atoms with E-state index < -0.39 is 98.8 Å². The Morgan fingerprint density at radius 1 is 1.19 bits per heavy atom. The van der Waals surface area contributed by atoms with Crippen LogP contribution in [0.1, 0.15) is 91.5 Å². The Morgan fingerprint density at radius 2 is 1.92 bits per heavy atom. The van der Waals surface area contributed by atoms with Crippen molar-refractivity contribution in [1.29, 1.82) is 0 Å². The van der Waals surface area contributed by atoms with Crippen LogP contribution in [0.4, 0.5) is 18.0 Å². The summed E-state index contributed by atoms with van der Waals surface area (Å²) in [7, 11) is -3.11. The zero-order valence-electron chi connectivity index (χ0n) is 35.8. The van der Waals surface area contributed by atoms with Gasteiger partial charge >= 0.3 is 12.0 Å². The summed E-state index contributed by atoms with van der Waals surface area (Å²) < 4.78 is 93.9. The number of aryl methyl sites for hydroxylation is 1. The fourth-order valence-corrected chi connectivity index (χ4v) is 10.9. The molecule has 1 aromatic carbocycles. The van der Waals surface area contributed by atoms with Gasteiger partial charge in [0.2, 0.25) is 33.6 Å². The van der Waals surface area contributed by atoms with Crippen LogP contribution >= 0.6 is 0 Å². The molecule has 19 heteroatoms. The zero-order chi connectivity index (χ0) is 45.2. The van der Waals surface area contributed by atoms with E-state index in [2.05, 4.69) is 10.3 Å². The highest BCUT2D eigenvalue weighted by atomic mass is 32.2. The number of nitrogens with zero attached hydrogens (tertiary/aromatic N) is 3. The number of benzene rings is 1. The molecule has 0 unspecified atom stereocenters. The lowest BCUT2D eigenvalue weighted by atomic mass is 9.83. The van der Waals surface area contributed by atoms with Gasteiger partial charge < -0.3 is 29.5 Å². The average molecular weight is 892 g/mol. The number of rotatable bonds is 10. The van der Waals surface area contributed by atoms with Gasteiger partial charge in [0, 0.05) is 22.9 Å². The first-order valence-electron chi connectivity index (χ1n) is 21.3. The van der Waals surface area contributed by atoms with Crippen LogP contribution < -0.4 is 24.2 Å². The largest absolute Gasteiger partial charge is 0.497 e. The van der Waals surface area contributed by atoms with Crippen LogP contribution in [0.2, 0.25) is 0 Å². The minimum absolute atomic E-state index is 0.0331. The van der Waals surface area contributed by atoms with Crippen molar-refractivity contribution in [3.63, 3.8) is 0 Å². The van der Waals surface area contributed by atoms with Gasteiger partial charge in [-0.1, -0.05) is 32.4 Å². The Labute approximate surface area is 359 Å². The highest BCUT2D eigenvalue weighted by Crippen LogP contribution is 2.51. The summed E-state index contributed by atoms with van der Waals surface area (Å²) in [6, 6.07) is -0.101. The van der Waals surface area contributed by atoms with Crippen LogP contribution in [0, 0.1) is 17.8 Å². The number of pyridine rings is 1. The summed E-state index contributed by atoms with van der Waals surface area (Å²) >= 11 is 0. The first kappa shape index (κ1) is 45.2. The van der Waals surface area contributed by atoms with Crippen molar-refractivity contribution in [3.8, 4) is 17.5 Å². The van der Waals surface area contributed by atoms with Gasteiger partial charge in [0.25, 0.3) is 5.91 Å². The maximum absolute atomic E-state index is 17.8. The van der Waals surface area contributed by atoms with Crippen LogP contribution in [0.5, 0.6) is 17.5 Å². The molecule has 1 saturated heterocycles. The second-order valence-electron chi connectivity index (χ2n) is 18.2. The van der Waals surface area contributed by atoms with Crippen molar-refractivity contribution in [2.24, 2.45) is 17.8 Å². The molecule has 1 aromatic heterocycles. The molecule has 3 fully saturated rings. The third-order valence-corrected chi connectivity index (χ3v) is 15.7. The topological polar surface area (TPSA) is 194 Å². The summed E-state index contributed by atoms with van der Waals surface area (Å²) in [6.07, 6.45) is 4.59. The van der Waals surface area contributed by atoms with Crippen LogP contribution in [0.15, 0.2) is 30.4 Å². The number of nitrogens with one attached hydrogen (secondary N) is 2. The molecule has 3 aliphatic heterocycles. The van der Waals surface area contributed by atoms with Gasteiger partial charge in [0.15, 0.2) is 11.6 Å². The summed E-state index contributed by atoms with van der Waals surface area (Å²) in [5.74, 6) is -9.31. The summed E-state index contributed by atoms with van der Waals surface area (Å²) in [5, 5.41) is 13.9.